The fourth-order valence-corrected chi connectivity index (χ4v) is 3.27. The molecule has 0 bridgehead atoms. The number of guanidine groups is 1. The van der Waals surface area contributed by atoms with Gasteiger partial charge in [-0.05, 0) is 26.0 Å². The van der Waals surface area contributed by atoms with Crippen molar-refractivity contribution in [2.75, 3.05) is 13.6 Å². The lowest BCUT2D eigenvalue weighted by Gasteiger charge is -2.10. The average molecular weight is 470 g/mol. The molecule has 3 aromatic rings. The van der Waals surface area contributed by atoms with E-state index in [2.05, 4.69) is 56.1 Å². The van der Waals surface area contributed by atoms with Crippen molar-refractivity contribution in [3.8, 4) is 0 Å². The summed E-state index contributed by atoms with van der Waals surface area (Å²) in [6.45, 7) is 5.59. The zero-order valence-electron chi connectivity index (χ0n) is 14.6. The van der Waals surface area contributed by atoms with Crippen LogP contribution in [0.5, 0.6) is 0 Å². The minimum Gasteiger partial charge on any atom is -0.356 e. The number of nitrogens with one attached hydrogen (secondary N) is 2. The van der Waals surface area contributed by atoms with Crippen LogP contribution in [0.2, 0.25) is 0 Å². The maximum atomic E-state index is 4.62. The molecule has 0 aromatic carbocycles. The molecule has 3 rings (SSSR count). The molecule has 25 heavy (non-hydrogen) atoms. The zero-order valence-corrected chi connectivity index (χ0v) is 17.8. The van der Waals surface area contributed by atoms with E-state index >= 15 is 0 Å². The number of aliphatic imine (C=N–C) groups is 1. The average Bonchev–Trinajstić information content (AvgIpc) is 3.17. The molecule has 6 nitrogen and oxygen atoms in total. The minimum absolute atomic E-state index is 0. The highest BCUT2D eigenvalue weighted by Gasteiger charge is 2.05. The summed E-state index contributed by atoms with van der Waals surface area (Å²) < 4.78 is 2.10. The Morgan fingerprint density at radius 3 is 2.80 bits per heavy atom. The van der Waals surface area contributed by atoms with Gasteiger partial charge in [-0.15, -0.1) is 35.3 Å². The second kappa shape index (κ2) is 9.14. The van der Waals surface area contributed by atoms with E-state index in [4.69, 9.17) is 0 Å². The molecule has 0 aliphatic rings. The number of nitrogens with zero attached hydrogens (tertiary/aromatic N) is 4. The largest absolute Gasteiger partial charge is 0.356 e. The molecule has 0 radical (unpaired) electrons. The topological polar surface area (TPSA) is 66.6 Å². The first-order chi connectivity index (χ1) is 11.7. The number of thiazole rings is 1. The summed E-state index contributed by atoms with van der Waals surface area (Å²) in [7, 11) is 1.77. The van der Waals surface area contributed by atoms with E-state index in [-0.39, 0.29) is 24.0 Å². The van der Waals surface area contributed by atoms with Crippen LogP contribution < -0.4 is 10.6 Å². The molecule has 0 amide bonds. The maximum absolute atomic E-state index is 4.62. The Balaban J connectivity index is 0.00000225. The monoisotopic (exact) mass is 470 g/mol. The van der Waals surface area contributed by atoms with Gasteiger partial charge in [0, 0.05) is 43.0 Å². The molecule has 0 fully saturated rings. The van der Waals surface area contributed by atoms with E-state index in [1.165, 1.54) is 10.6 Å². The molecule has 0 saturated heterocycles. The van der Waals surface area contributed by atoms with Crippen LogP contribution in [0.3, 0.4) is 0 Å². The minimum atomic E-state index is 0. The Bertz CT molecular complexity index is 854. The van der Waals surface area contributed by atoms with Crippen molar-refractivity contribution in [2.45, 2.75) is 26.8 Å². The second-order valence-electron chi connectivity index (χ2n) is 5.59. The molecular weight excluding hydrogens is 447 g/mol. The van der Waals surface area contributed by atoms with Crippen LogP contribution in [0, 0.1) is 13.8 Å². The third-order valence-corrected chi connectivity index (χ3v) is 4.68. The first-order valence-electron chi connectivity index (χ1n) is 7.95. The summed E-state index contributed by atoms with van der Waals surface area (Å²) in [5.74, 6) is 0.775. The smallest absolute Gasteiger partial charge is 0.191 e. The van der Waals surface area contributed by atoms with Gasteiger partial charge in [0.15, 0.2) is 5.96 Å². The molecule has 134 valence electrons. The zero-order chi connectivity index (χ0) is 16.9. The van der Waals surface area contributed by atoms with Crippen molar-refractivity contribution in [3.05, 3.63) is 51.9 Å². The van der Waals surface area contributed by atoms with Gasteiger partial charge in [-0.1, -0.05) is 6.07 Å². The molecular formula is C17H23IN6S. The molecule has 3 heterocycles. The van der Waals surface area contributed by atoms with Gasteiger partial charge in [-0.25, -0.2) is 9.97 Å². The van der Waals surface area contributed by atoms with Gasteiger partial charge in [0.25, 0.3) is 0 Å². The summed E-state index contributed by atoms with van der Waals surface area (Å²) in [6, 6.07) is 6.11. The Hall–Kier alpha value is -1.68. The number of rotatable bonds is 5. The number of aromatic nitrogens is 3. The van der Waals surface area contributed by atoms with Crippen LogP contribution in [0.25, 0.3) is 5.65 Å². The summed E-state index contributed by atoms with van der Waals surface area (Å²) in [5.41, 5.74) is 3.13. The number of aryl methyl sites for hydroxylation is 2. The van der Waals surface area contributed by atoms with Gasteiger partial charge in [-0.2, -0.15) is 0 Å². The van der Waals surface area contributed by atoms with E-state index in [9.17, 15) is 0 Å². The summed E-state index contributed by atoms with van der Waals surface area (Å²) in [5, 5.41) is 7.76. The molecule has 0 aliphatic heterocycles. The fraction of sp³-hybridized carbons (Fsp3) is 0.353. The Labute approximate surface area is 168 Å². The number of pyridine rings is 1. The number of hydrogen-bond acceptors (Lipinski definition) is 4. The molecule has 0 unspecified atom stereocenters. The third kappa shape index (κ3) is 5.15. The van der Waals surface area contributed by atoms with E-state index in [1.807, 2.05) is 18.3 Å². The van der Waals surface area contributed by atoms with Gasteiger partial charge >= 0.3 is 0 Å². The Morgan fingerprint density at radius 2 is 2.12 bits per heavy atom. The van der Waals surface area contributed by atoms with Gasteiger partial charge in [0.1, 0.15) is 5.65 Å². The standard InChI is InChI=1S/C17H22N6S.HI/c1-12-5-4-6-15-22-14(11-23(12)15)10-21-17(18-3)19-8-7-16-20-9-13(2)24-16;/h4-6,9,11H,7-8,10H2,1-3H3,(H2,18,19,21);1H. The van der Waals surface area contributed by atoms with Gasteiger partial charge in [0.2, 0.25) is 0 Å². The highest BCUT2D eigenvalue weighted by atomic mass is 127. The van der Waals surface area contributed by atoms with Gasteiger partial charge in [-0.3, -0.25) is 4.99 Å². The Morgan fingerprint density at radius 1 is 1.28 bits per heavy atom. The van der Waals surface area contributed by atoms with Crippen molar-refractivity contribution in [3.63, 3.8) is 0 Å². The number of fused-ring (bicyclic) bond motifs is 1. The van der Waals surface area contributed by atoms with E-state index in [0.29, 0.717) is 6.54 Å². The summed E-state index contributed by atoms with van der Waals surface area (Å²) in [6.07, 6.45) is 4.87. The second-order valence-corrected chi connectivity index (χ2v) is 6.91. The van der Waals surface area contributed by atoms with Crippen LogP contribution >= 0.6 is 35.3 Å². The molecule has 0 aliphatic carbocycles. The van der Waals surface area contributed by atoms with Crippen molar-refractivity contribution in [1.82, 2.24) is 25.0 Å². The van der Waals surface area contributed by atoms with Crippen LogP contribution in [-0.2, 0) is 13.0 Å². The fourth-order valence-electron chi connectivity index (χ4n) is 2.48. The van der Waals surface area contributed by atoms with Crippen molar-refractivity contribution in [2.24, 2.45) is 4.99 Å². The molecule has 2 N–H and O–H groups in total. The number of halogens is 1. The predicted molar refractivity (Wildman–Crippen MR) is 114 cm³/mol. The van der Waals surface area contributed by atoms with Crippen LogP contribution in [0.4, 0.5) is 0 Å². The quantitative estimate of drug-likeness (QED) is 0.342. The summed E-state index contributed by atoms with van der Waals surface area (Å²) >= 11 is 1.74. The van der Waals surface area contributed by atoms with E-state index in [1.54, 1.807) is 18.4 Å². The number of imidazole rings is 1. The highest BCUT2D eigenvalue weighted by Crippen LogP contribution is 2.11. The van der Waals surface area contributed by atoms with Crippen LogP contribution in [-0.4, -0.2) is 33.9 Å². The first-order valence-corrected chi connectivity index (χ1v) is 8.77. The van der Waals surface area contributed by atoms with Crippen LogP contribution in [0.15, 0.2) is 35.6 Å². The lowest BCUT2D eigenvalue weighted by molar-refractivity contribution is 0.784. The molecule has 0 atom stereocenters. The molecule has 3 aromatic heterocycles. The molecule has 0 saturated carbocycles. The Kier molecular flexibility index (Phi) is 7.18. The lowest BCUT2D eigenvalue weighted by atomic mass is 10.4. The first kappa shape index (κ1) is 19.6. The predicted octanol–water partition coefficient (Wildman–Crippen LogP) is 2.93. The lowest BCUT2D eigenvalue weighted by Crippen LogP contribution is -2.37. The summed E-state index contributed by atoms with van der Waals surface area (Å²) in [4.78, 5) is 14.5. The van der Waals surface area contributed by atoms with Crippen molar-refractivity contribution in [1.29, 1.82) is 0 Å². The van der Waals surface area contributed by atoms with Gasteiger partial charge in [0.05, 0.1) is 17.2 Å². The highest BCUT2D eigenvalue weighted by molar-refractivity contribution is 14.0. The van der Waals surface area contributed by atoms with E-state index in [0.717, 1.165) is 35.3 Å². The van der Waals surface area contributed by atoms with Crippen molar-refractivity contribution < 1.29 is 0 Å². The van der Waals surface area contributed by atoms with Crippen LogP contribution in [0.1, 0.15) is 21.3 Å². The SMILES string of the molecule is CN=C(NCCc1ncc(C)s1)NCc1cn2c(C)cccc2n1.I. The third-order valence-electron chi connectivity index (χ3n) is 3.71. The maximum Gasteiger partial charge on any atom is 0.191 e. The molecule has 8 heteroatoms. The van der Waals surface area contributed by atoms with Crippen molar-refractivity contribution >= 4 is 46.9 Å². The van der Waals surface area contributed by atoms with E-state index < -0.39 is 0 Å². The molecule has 0 spiro atoms. The number of hydrogen-bond donors (Lipinski definition) is 2. The van der Waals surface area contributed by atoms with Gasteiger partial charge < -0.3 is 15.0 Å². The normalized spacial score (nSPS) is 11.4.